The Hall–Kier alpha value is -1.63. The van der Waals surface area contributed by atoms with Crippen molar-refractivity contribution in [3.8, 4) is 0 Å². The number of amides is 2. The summed E-state index contributed by atoms with van der Waals surface area (Å²) < 4.78 is 0. The van der Waals surface area contributed by atoms with Gasteiger partial charge in [0.25, 0.3) is 0 Å². The number of carboxylic acid groups (broad SMARTS) is 1. The van der Waals surface area contributed by atoms with Crippen LogP contribution in [0.4, 0.5) is 9.93 Å². The number of aliphatic carboxylic acids is 1. The molecule has 1 aromatic heterocycles. The first kappa shape index (κ1) is 13.4. The summed E-state index contributed by atoms with van der Waals surface area (Å²) in [5.74, 6) is -1.05. The first-order valence-corrected chi connectivity index (χ1v) is 6.00. The zero-order chi connectivity index (χ0) is 13.0. The maximum atomic E-state index is 11.5. The van der Waals surface area contributed by atoms with Gasteiger partial charge in [0.1, 0.15) is 6.04 Å². The van der Waals surface area contributed by atoms with E-state index in [1.54, 1.807) is 6.92 Å². The molecule has 3 N–H and O–H groups in total. The molecule has 0 fully saturated rings. The number of carbonyl (C=O) groups excluding carboxylic acids is 1. The molecule has 2 amide bonds. The van der Waals surface area contributed by atoms with Gasteiger partial charge in [-0.25, -0.2) is 14.6 Å². The van der Waals surface area contributed by atoms with E-state index in [4.69, 9.17) is 5.11 Å². The van der Waals surface area contributed by atoms with Gasteiger partial charge in [0, 0.05) is 4.88 Å². The average Bonchev–Trinajstić information content (AvgIpc) is 2.54. The van der Waals surface area contributed by atoms with Gasteiger partial charge in [0.15, 0.2) is 5.13 Å². The number of urea groups is 1. The minimum Gasteiger partial charge on any atom is -0.480 e. The Morgan fingerprint density at radius 3 is 2.53 bits per heavy atom. The molecule has 0 aromatic carbocycles. The molecule has 0 unspecified atom stereocenters. The van der Waals surface area contributed by atoms with Crippen LogP contribution in [0.15, 0.2) is 0 Å². The van der Waals surface area contributed by atoms with Crippen LogP contribution in [0.5, 0.6) is 0 Å². The second kappa shape index (κ2) is 5.62. The summed E-state index contributed by atoms with van der Waals surface area (Å²) in [6, 6.07) is -1.43. The van der Waals surface area contributed by atoms with Crippen LogP contribution < -0.4 is 10.6 Å². The summed E-state index contributed by atoms with van der Waals surface area (Å²) in [7, 11) is 0. The third-order valence-electron chi connectivity index (χ3n) is 2.26. The van der Waals surface area contributed by atoms with Crippen molar-refractivity contribution in [2.45, 2.75) is 33.2 Å². The van der Waals surface area contributed by atoms with E-state index in [9.17, 15) is 9.59 Å². The third-order valence-corrected chi connectivity index (χ3v) is 3.25. The van der Waals surface area contributed by atoms with Gasteiger partial charge in [-0.1, -0.05) is 6.92 Å². The van der Waals surface area contributed by atoms with Crippen LogP contribution >= 0.6 is 11.3 Å². The number of nitrogens with zero attached hydrogens (tertiary/aromatic N) is 1. The van der Waals surface area contributed by atoms with E-state index in [0.717, 1.165) is 10.6 Å². The summed E-state index contributed by atoms with van der Waals surface area (Å²) in [4.78, 5) is 27.4. The SMILES string of the molecule is CC[C@H](NC(=O)Nc1nc(C)c(C)s1)C(=O)O. The Kier molecular flexibility index (Phi) is 4.45. The number of rotatable bonds is 4. The van der Waals surface area contributed by atoms with Gasteiger partial charge in [0.2, 0.25) is 0 Å². The second-order valence-electron chi connectivity index (χ2n) is 3.56. The van der Waals surface area contributed by atoms with Crippen LogP contribution in [-0.4, -0.2) is 28.1 Å². The Balaban J connectivity index is 2.57. The number of nitrogens with one attached hydrogen (secondary N) is 2. The van der Waals surface area contributed by atoms with E-state index in [1.165, 1.54) is 11.3 Å². The van der Waals surface area contributed by atoms with E-state index in [1.807, 2.05) is 13.8 Å². The van der Waals surface area contributed by atoms with Crippen molar-refractivity contribution >= 4 is 28.5 Å². The predicted molar refractivity (Wildman–Crippen MR) is 65.5 cm³/mol. The van der Waals surface area contributed by atoms with E-state index < -0.39 is 18.0 Å². The van der Waals surface area contributed by atoms with Gasteiger partial charge in [-0.15, -0.1) is 11.3 Å². The van der Waals surface area contributed by atoms with Crippen molar-refractivity contribution in [3.63, 3.8) is 0 Å². The molecule has 1 rings (SSSR count). The first-order chi connectivity index (χ1) is 7.93. The Morgan fingerprint density at radius 1 is 1.47 bits per heavy atom. The molecule has 0 aliphatic carbocycles. The van der Waals surface area contributed by atoms with Gasteiger partial charge in [-0.2, -0.15) is 0 Å². The molecule has 17 heavy (non-hydrogen) atoms. The molecule has 6 nitrogen and oxygen atoms in total. The molecule has 1 heterocycles. The molecule has 0 aliphatic rings. The van der Waals surface area contributed by atoms with Crippen LogP contribution in [0.3, 0.4) is 0 Å². The molecule has 1 aromatic rings. The Labute approximate surface area is 103 Å². The number of aromatic nitrogens is 1. The summed E-state index contributed by atoms with van der Waals surface area (Å²) >= 11 is 1.36. The largest absolute Gasteiger partial charge is 0.480 e. The Bertz CT molecular complexity index is 411. The van der Waals surface area contributed by atoms with Gasteiger partial charge in [0.05, 0.1) is 5.69 Å². The molecule has 0 spiro atoms. The van der Waals surface area contributed by atoms with Crippen molar-refractivity contribution < 1.29 is 14.7 Å². The van der Waals surface area contributed by atoms with Crippen molar-refractivity contribution in [3.05, 3.63) is 10.6 Å². The monoisotopic (exact) mass is 257 g/mol. The van der Waals surface area contributed by atoms with Crippen LogP contribution in [0.25, 0.3) is 0 Å². The van der Waals surface area contributed by atoms with Crippen molar-refractivity contribution in [1.82, 2.24) is 10.3 Å². The molecule has 0 bridgehead atoms. The van der Waals surface area contributed by atoms with Crippen molar-refractivity contribution in [1.29, 1.82) is 0 Å². The fraction of sp³-hybridized carbons (Fsp3) is 0.500. The van der Waals surface area contributed by atoms with Gasteiger partial charge in [-0.3, -0.25) is 5.32 Å². The first-order valence-electron chi connectivity index (χ1n) is 5.18. The number of carbonyl (C=O) groups is 2. The minimum absolute atomic E-state index is 0.332. The number of hydrogen-bond acceptors (Lipinski definition) is 4. The lowest BCUT2D eigenvalue weighted by atomic mass is 10.2. The van der Waals surface area contributed by atoms with Crippen LogP contribution in [-0.2, 0) is 4.79 Å². The summed E-state index contributed by atoms with van der Waals surface area (Å²) in [5.41, 5.74) is 0.857. The highest BCUT2D eigenvalue weighted by atomic mass is 32.1. The topological polar surface area (TPSA) is 91.3 Å². The highest BCUT2D eigenvalue weighted by Crippen LogP contribution is 2.20. The fourth-order valence-electron chi connectivity index (χ4n) is 1.16. The molecule has 7 heteroatoms. The van der Waals surface area contributed by atoms with E-state index >= 15 is 0 Å². The van der Waals surface area contributed by atoms with Crippen molar-refractivity contribution in [2.24, 2.45) is 0 Å². The van der Waals surface area contributed by atoms with Crippen LogP contribution in [0.1, 0.15) is 23.9 Å². The number of hydrogen-bond donors (Lipinski definition) is 3. The molecule has 1 atom stereocenters. The molecular formula is C10H15N3O3S. The Morgan fingerprint density at radius 2 is 2.12 bits per heavy atom. The molecule has 0 aliphatic heterocycles. The predicted octanol–water partition coefficient (Wildman–Crippen LogP) is 1.74. The van der Waals surface area contributed by atoms with Gasteiger partial charge in [-0.05, 0) is 20.3 Å². The zero-order valence-electron chi connectivity index (χ0n) is 9.90. The molecule has 94 valence electrons. The summed E-state index contributed by atoms with van der Waals surface area (Å²) in [5, 5.41) is 14.1. The van der Waals surface area contributed by atoms with E-state index in [-0.39, 0.29) is 0 Å². The standard InChI is InChI=1S/C10H15N3O3S/c1-4-7(8(14)15)12-9(16)13-10-11-5(2)6(3)17-10/h7H,4H2,1-3H3,(H,14,15)(H2,11,12,13,16)/t7-/m0/s1. The zero-order valence-corrected chi connectivity index (χ0v) is 10.7. The number of aryl methyl sites for hydroxylation is 2. The summed E-state index contributed by atoms with van der Waals surface area (Å²) in [6.07, 6.45) is 0.332. The lowest BCUT2D eigenvalue weighted by Crippen LogP contribution is -2.42. The van der Waals surface area contributed by atoms with Crippen molar-refractivity contribution in [2.75, 3.05) is 5.32 Å². The smallest absolute Gasteiger partial charge is 0.326 e. The normalized spacial score (nSPS) is 11.9. The second-order valence-corrected chi connectivity index (χ2v) is 4.76. The highest BCUT2D eigenvalue weighted by Gasteiger charge is 2.18. The summed E-state index contributed by atoms with van der Waals surface area (Å²) in [6.45, 7) is 5.44. The lowest BCUT2D eigenvalue weighted by molar-refractivity contribution is -0.139. The van der Waals surface area contributed by atoms with E-state index in [2.05, 4.69) is 15.6 Å². The number of thiazole rings is 1. The van der Waals surface area contributed by atoms with E-state index in [0.29, 0.717) is 11.6 Å². The quantitative estimate of drug-likeness (QED) is 0.766. The van der Waals surface area contributed by atoms with Gasteiger partial charge >= 0.3 is 12.0 Å². The lowest BCUT2D eigenvalue weighted by Gasteiger charge is -2.11. The third kappa shape index (κ3) is 3.70. The fourth-order valence-corrected chi connectivity index (χ4v) is 1.97. The van der Waals surface area contributed by atoms with Crippen LogP contribution in [0.2, 0.25) is 0 Å². The molecule has 0 saturated heterocycles. The molecular weight excluding hydrogens is 242 g/mol. The number of anilines is 1. The average molecular weight is 257 g/mol. The highest BCUT2D eigenvalue weighted by molar-refractivity contribution is 7.15. The number of carboxylic acids is 1. The van der Waals surface area contributed by atoms with Crippen LogP contribution in [0, 0.1) is 13.8 Å². The minimum atomic E-state index is -1.05. The maximum absolute atomic E-state index is 11.5. The van der Waals surface area contributed by atoms with Gasteiger partial charge < -0.3 is 10.4 Å². The molecule has 0 radical (unpaired) electrons. The molecule has 0 saturated carbocycles. The maximum Gasteiger partial charge on any atom is 0.326 e.